The smallest absolute Gasteiger partial charge is 0.226 e. The van der Waals surface area contributed by atoms with Crippen LogP contribution in [0.25, 0.3) is 0 Å². The zero-order chi connectivity index (χ0) is 57.8. The fourth-order valence-electron chi connectivity index (χ4n) is 12.4. The van der Waals surface area contributed by atoms with Crippen LogP contribution in [-0.2, 0) is 19.2 Å². The van der Waals surface area contributed by atoms with Crippen LogP contribution < -0.4 is 16.0 Å². The van der Waals surface area contributed by atoms with Gasteiger partial charge in [-0.15, -0.1) is 0 Å². The summed E-state index contributed by atoms with van der Waals surface area (Å²) in [5, 5.41) is 9.70. The largest absolute Gasteiger partial charge is 0.356 e. The van der Waals surface area contributed by atoms with Gasteiger partial charge in [0.05, 0.1) is 19.6 Å². The van der Waals surface area contributed by atoms with Gasteiger partial charge in [0, 0.05) is 51.9 Å². The van der Waals surface area contributed by atoms with Crippen molar-refractivity contribution in [1.82, 2.24) is 20.9 Å². The maximum atomic E-state index is 13.1. The predicted octanol–water partition coefficient (Wildman–Crippen LogP) is 19.9. The van der Waals surface area contributed by atoms with Crippen LogP contribution in [-0.4, -0.2) is 85.5 Å². The van der Waals surface area contributed by atoms with Gasteiger partial charge in [-0.25, -0.2) is 0 Å². The minimum Gasteiger partial charge on any atom is -0.356 e. The number of carbonyl (C=O) groups is 4. The molecule has 472 valence electrons. The number of nitrogens with zero attached hydrogens (tertiary/aromatic N) is 2. The lowest BCUT2D eigenvalue weighted by molar-refractivity contribution is -0.936. The molecular weight excluding hydrogens is 987 g/mol. The molecule has 0 atom stereocenters. The highest BCUT2D eigenvalue weighted by molar-refractivity contribution is 5.78. The van der Waals surface area contributed by atoms with Crippen LogP contribution in [0.3, 0.4) is 0 Å². The van der Waals surface area contributed by atoms with Crippen LogP contribution in [0.5, 0.6) is 0 Å². The third-order valence-corrected chi connectivity index (χ3v) is 17.8. The summed E-state index contributed by atoms with van der Waals surface area (Å²) in [5.74, 6) is 0.833. The molecule has 0 aromatic carbocycles. The molecule has 1 saturated heterocycles. The zero-order valence-corrected chi connectivity index (χ0v) is 54.3. The second-order valence-electron chi connectivity index (χ2n) is 25.7. The Bertz CT molecular complexity index is 1220. The molecule has 80 heavy (non-hydrogen) atoms. The van der Waals surface area contributed by atoms with Crippen LogP contribution in [0.2, 0.25) is 0 Å². The van der Waals surface area contributed by atoms with E-state index in [2.05, 4.69) is 41.6 Å². The van der Waals surface area contributed by atoms with Crippen molar-refractivity contribution in [1.29, 1.82) is 0 Å². The molecule has 0 saturated carbocycles. The van der Waals surface area contributed by atoms with Gasteiger partial charge in [0.2, 0.25) is 23.6 Å². The second kappa shape index (κ2) is 60.0. The molecule has 1 heterocycles. The van der Waals surface area contributed by atoms with E-state index in [1.807, 2.05) is 0 Å². The van der Waals surface area contributed by atoms with Gasteiger partial charge in [-0.3, -0.25) is 24.1 Å². The predicted molar refractivity (Wildman–Crippen MR) is 346 cm³/mol. The summed E-state index contributed by atoms with van der Waals surface area (Å²) in [4.78, 5) is 53.8. The number of hydrogen-bond acceptors (Lipinski definition) is 4. The molecule has 1 aliphatic rings. The first kappa shape index (κ1) is 75.9. The van der Waals surface area contributed by atoms with Gasteiger partial charge in [-0.1, -0.05) is 290 Å². The van der Waals surface area contributed by atoms with Crippen molar-refractivity contribution in [2.24, 2.45) is 0 Å². The van der Waals surface area contributed by atoms with Gasteiger partial charge < -0.3 is 20.4 Å². The minimum absolute atomic E-state index is 0.186. The average Bonchev–Trinajstić information content (AvgIpc) is 3.86. The van der Waals surface area contributed by atoms with Crippen molar-refractivity contribution >= 4 is 23.6 Å². The Kier molecular flexibility index (Phi) is 56.9. The van der Waals surface area contributed by atoms with Crippen molar-refractivity contribution in [2.75, 3.05) is 52.5 Å². The van der Waals surface area contributed by atoms with Gasteiger partial charge in [0.15, 0.2) is 6.67 Å². The fourth-order valence-corrected chi connectivity index (χ4v) is 12.4. The molecular formula is C71H140N5O4+. The number of hydrogen-bond donors (Lipinski definition) is 3. The van der Waals surface area contributed by atoms with E-state index in [-0.39, 0.29) is 23.6 Å². The Labute approximate surface area is 498 Å². The number of rotatable bonds is 65. The van der Waals surface area contributed by atoms with E-state index in [9.17, 15) is 19.2 Å². The summed E-state index contributed by atoms with van der Waals surface area (Å²) < 4.78 is 0.860. The Balaban J connectivity index is 2.51. The molecule has 4 amide bonds. The third kappa shape index (κ3) is 51.5. The molecule has 0 bridgehead atoms. The molecule has 0 aliphatic carbocycles. The first-order valence-corrected chi connectivity index (χ1v) is 36.3. The standard InChI is InChI=1S/C71H139N5O4/c1-4-7-10-13-16-19-22-25-28-31-34-37-40-43-46-56-68(77)72-60-49-52-64-76(67-75-63-55-59-71(75)80,65-53-50-61-73-69(78)57-47-44-41-38-35-32-29-26-23-20-17-14-11-8-5-2)66-54-51-62-74-70(79)58-48-45-42-39-36-33-30-27-24-21-18-15-12-9-6-3/h4-67H2,1-3H3,(H2-,72,73,74,77,78,79)/p+1. The molecule has 9 heteroatoms. The molecule has 0 aromatic heterocycles. The average molecular weight is 1130 g/mol. The number of nitrogens with one attached hydrogen (secondary N) is 3. The van der Waals surface area contributed by atoms with Crippen molar-refractivity contribution in [3.63, 3.8) is 0 Å². The normalized spacial score (nSPS) is 12.7. The monoisotopic (exact) mass is 1130 g/mol. The Morgan fingerprint density at radius 3 is 0.762 bits per heavy atom. The molecule has 3 N–H and O–H groups in total. The zero-order valence-electron chi connectivity index (χ0n) is 54.3. The Hall–Kier alpha value is -2.16. The molecule has 1 rings (SSSR count). The third-order valence-electron chi connectivity index (χ3n) is 17.8. The van der Waals surface area contributed by atoms with Gasteiger partial charge >= 0.3 is 0 Å². The van der Waals surface area contributed by atoms with Crippen LogP contribution in [0.15, 0.2) is 0 Å². The van der Waals surface area contributed by atoms with Gasteiger partial charge in [-0.05, 0) is 64.2 Å². The van der Waals surface area contributed by atoms with Gasteiger partial charge in [0.1, 0.15) is 0 Å². The number of likely N-dealkylation sites (tertiary alicyclic amines) is 1. The summed E-state index contributed by atoms with van der Waals surface area (Å²) >= 11 is 0. The summed E-state index contributed by atoms with van der Waals surface area (Å²) in [6.07, 6.45) is 69.0. The van der Waals surface area contributed by atoms with Crippen molar-refractivity contribution in [3.8, 4) is 0 Å². The maximum Gasteiger partial charge on any atom is 0.226 e. The van der Waals surface area contributed by atoms with E-state index in [0.717, 1.165) is 121 Å². The van der Waals surface area contributed by atoms with Crippen molar-refractivity contribution in [3.05, 3.63) is 0 Å². The summed E-state index contributed by atoms with van der Waals surface area (Å²) in [6, 6.07) is 0. The van der Waals surface area contributed by atoms with Crippen molar-refractivity contribution in [2.45, 2.75) is 380 Å². The Morgan fingerprint density at radius 1 is 0.325 bits per heavy atom. The molecule has 0 radical (unpaired) electrons. The SMILES string of the molecule is CCCCCCCCCCCCCCCCCC(=O)NCCCC[N+](CCCCNC(=O)CCCCCCCCCCCCCCCCC)(CCCCNC(=O)CCCCCCCCCCCCCCCCC)CN1CCCC1=O. The van der Waals surface area contributed by atoms with E-state index < -0.39 is 0 Å². The van der Waals surface area contributed by atoms with Gasteiger partial charge in [0.25, 0.3) is 0 Å². The van der Waals surface area contributed by atoms with Crippen LogP contribution in [0.1, 0.15) is 380 Å². The minimum atomic E-state index is 0.186. The number of quaternary nitrogens is 1. The fraction of sp³-hybridized carbons (Fsp3) is 0.944. The first-order chi connectivity index (χ1) is 39.4. The molecule has 1 aliphatic heterocycles. The van der Waals surface area contributed by atoms with Crippen LogP contribution >= 0.6 is 0 Å². The number of carbonyl (C=O) groups excluding carboxylic acids is 4. The lowest BCUT2D eigenvalue weighted by atomic mass is 10.0. The van der Waals surface area contributed by atoms with Gasteiger partial charge in [-0.2, -0.15) is 0 Å². The highest BCUT2D eigenvalue weighted by atomic mass is 16.2. The van der Waals surface area contributed by atoms with E-state index in [1.165, 1.54) is 250 Å². The summed E-state index contributed by atoms with van der Waals surface area (Å²) in [7, 11) is 0. The van der Waals surface area contributed by atoms with Crippen molar-refractivity contribution < 1.29 is 23.7 Å². The Morgan fingerprint density at radius 2 is 0.550 bits per heavy atom. The topological polar surface area (TPSA) is 108 Å². The number of unbranched alkanes of at least 4 members (excludes halogenated alkanes) is 45. The number of amides is 4. The molecule has 0 spiro atoms. The molecule has 0 unspecified atom stereocenters. The quantitative estimate of drug-likeness (QED) is 0.0416. The second-order valence-corrected chi connectivity index (χ2v) is 25.7. The van der Waals surface area contributed by atoms with E-state index in [4.69, 9.17) is 0 Å². The lowest BCUT2D eigenvalue weighted by Crippen LogP contribution is -2.56. The maximum absolute atomic E-state index is 13.1. The first-order valence-electron chi connectivity index (χ1n) is 36.3. The van der Waals surface area contributed by atoms with E-state index in [1.54, 1.807) is 0 Å². The van der Waals surface area contributed by atoms with Crippen LogP contribution in [0.4, 0.5) is 0 Å². The highest BCUT2D eigenvalue weighted by Gasteiger charge is 2.33. The van der Waals surface area contributed by atoms with Crippen LogP contribution in [0, 0.1) is 0 Å². The summed E-state index contributed by atoms with van der Waals surface area (Å²) in [6.45, 7) is 13.5. The molecule has 9 nitrogen and oxygen atoms in total. The van der Waals surface area contributed by atoms with E-state index >= 15 is 0 Å². The summed E-state index contributed by atoms with van der Waals surface area (Å²) in [5.41, 5.74) is 0. The van der Waals surface area contributed by atoms with E-state index in [0.29, 0.717) is 45.3 Å². The molecule has 1 fully saturated rings. The lowest BCUT2D eigenvalue weighted by Gasteiger charge is -2.41. The molecule has 0 aromatic rings. The highest BCUT2D eigenvalue weighted by Crippen LogP contribution is 2.22.